The van der Waals surface area contributed by atoms with Crippen molar-refractivity contribution in [3.8, 4) is 0 Å². The molecule has 0 aliphatic heterocycles. The lowest BCUT2D eigenvalue weighted by Crippen LogP contribution is -2.54. The van der Waals surface area contributed by atoms with E-state index in [1.165, 1.54) is 6.04 Å². The highest BCUT2D eigenvalue weighted by molar-refractivity contribution is 6.88. The molecular weight excluding hydrogens is 228 g/mol. The van der Waals surface area contributed by atoms with Crippen LogP contribution in [-0.4, -0.2) is 16.6 Å². The van der Waals surface area contributed by atoms with Gasteiger partial charge in [-0.2, -0.15) is 0 Å². The molecule has 0 aromatic carbocycles. The molecule has 0 atom stereocenters. The largest absolute Gasteiger partial charge is 0.455 e. The van der Waals surface area contributed by atoms with Gasteiger partial charge in [0.15, 0.2) is 16.6 Å². The first-order valence-electron chi connectivity index (χ1n) is 6.80. The maximum atomic E-state index is 6.84. The third kappa shape index (κ3) is 3.44. The molecule has 0 spiro atoms. The van der Waals surface area contributed by atoms with E-state index in [0.717, 1.165) is 0 Å². The van der Waals surface area contributed by atoms with Crippen molar-refractivity contribution < 1.29 is 4.12 Å². The Morgan fingerprint density at radius 1 is 0.812 bits per heavy atom. The summed E-state index contributed by atoms with van der Waals surface area (Å²) in [6.45, 7) is 21.2. The van der Waals surface area contributed by atoms with E-state index in [9.17, 15) is 0 Å². The van der Waals surface area contributed by atoms with E-state index < -0.39 is 16.6 Å². The van der Waals surface area contributed by atoms with Gasteiger partial charge in [0.1, 0.15) is 0 Å². The normalized spacial score (nSPS) is 14.2. The molecule has 0 N–H and O–H groups in total. The molecule has 3 heteroatoms. The quantitative estimate of drug-likeness (QED) is 0.581. The van der Waals surface area contributed by atoms with Crippen molar-refractivity contribution in [2.75, 3.05) is 0 Å². The van der Waals surface area contributed by atoms with Crippen molar-refractivity contribution in [3.05, 3.63) is 0 Å². The lowest BCUT2D eigenvalue weighted by Gasteiger charge is -2.47. The Labute approximate surface area is 105 Å². The second kappa shape index (κ2) is 5.83. The Kier molecular flexibility index (Phi) is 5.97. The topological polar surface area (TPSA) is 9.23 Å². The van der Waals surface area contributed by atoms with E-state index in [4.69, 9.17) is 4.12 Å². The average molecular weight is 261 g/mol. The van der Waals surface area contributed by atoms with Crippen LogP contribution in [-0.2, 0) is 4.12 Å². The molecule has 98 valence electrons. The minimum absolute atomic E-state index is 0.714. The highest BCUT2D eigenvalue weighted by atomic mass is 28.4. The first-order valence-corrected chi connectivity index (χ1v) is 12.1. The summed E-state index contributed by atoms with van der Waals surface area (Å²) in [5.41, 5.74) is 2.14. The zero-order chi connectivity index (χ0) is 13.1. The monoisotopic (exact) mass is 260 g/mol. The van der Waals surface area contributed by atoms with Crippen LogP contribution >= 0.6 is 0 Å². The van der Waals surface area contributed by atoms with Gasteiger partial charge in [0.05, 0.1) is 0 Å². The van der Waals surface area contributed by atoms with E-state index in [-0.39, 0.29) is 0 Å². The Bertz CT molecular complexity index is 188. The van der Waals surface area contributed by atoms with Gasteiger partial charge in [-0.15, -0.1) is 0 Å². The molecule has 0 fully saturated rings. The molecule has 0 saturated carbocycles. The first-order chi connectivity index (χ1) is 7.10. The molecule has 0 radical (unpaired) electrons. The summed E-state index contributed by atoms with van der Waals surface area (Å²) in [5, 5.41) is 0. The summed E-state index contributed by atoms with van der Waals surface area (Å²) in [7, 11) is -3.06. The molecule has 0 amide bonds. The predicted octanol–water partition coefficient (Wildman–Crippen LogP) is 5.40. The van der Waals surface area contributed by atoms with Gasteiger partial charge < -0.3 is 4.12 Å². The fourth-order valence-electron chi connectivity index (χ4n) is 2.90. The summed E-state index contributed by atoms with van der Waals surface area (Å²) in [5.74, 6) is 0. The molecule has 0 saturated heterocycles. The van der Waals surface area contributed by atoms with Crippen molar-refractivity contribution in [1.82, 2.24) is 0 Å². The van der Waals surface area contributed by atoms with Gasteiger partial charge in [-0.1, -0.05) is 48.5 Å². The fraction of sp³-hybridized carbons (Fsp3) is 1.00. The molecule has 0 bridgehead atoms. The minimum atomic E-state index is -1.62. The second-order valence-electron chi connectivity index (χ2n) is 6.53. The van der Waals surface area contributed by atoms with Crippen LogP contribution in [0, 0.1) is 0 Å². The van der Waals surface area contributed by atoms with Gasteiger partial charge in [-0.25, -0.2) is 0 Å². The summed E-state index contributed by atoms with van der Waals surface area (Å²) in [4.78, 5) is 0. The van der Waals surface area contributed by atoms with E-state index in [1.807, 2.05) is 0 Å². The van der Waals surface area contributed by atoms with Crippen LogP contribution in [0.4, 0.5) is 0 Å². The molecule has 0 aromatic rings. The van der Waals surface area contributed by atoms with Crippen molar-refractivity contribution >= 4 is 16.6 Å². The highest BCUT2D eigenvalue weighted by Crippen LogP contribution is 2.44. The molecule has 0 heterocycles. The average Bonchev–Trinajstić information content (AvgIpc) is 2.12. The lowest BCUT2D eigenvalue weighted by molar-refractivity contribution is 0.473. The smallest absolute Gasteiger partial charge is 0.187 e. The van der Waals surface area contributed by atoms with Crippen LogP contribution in [0.3, 0.4) is 0 Å². The summed E-state index contributed by atoms with van der Waals surface area (Å²) >= 11 is 0. The maximum Gasteiger partial charge on any atom is 0.187 e. The van der Waals surface area contributed by atoms with E-state index in [0.29, 0.717) is 16.6 Å². The lowest BCUT2D eigenvalue weighted by atomic mass is 10.5. The van der Waals surface area contributed by atoms with Crippen LogP contribution in [0.5, 0.6) is 0 Å². The zero-order valence-electron chi connectivity index (χ0n) is 12.8. The Hall–Kier alpha value is 0.394. The summed E-state index contributed by atoms with van der Waals surface area (Å²) in [6.07, 6.45) is 0. The molecule has 0 rings (SSSR count). The Morgan fingerprint density at radius 3 is 1.31 bits per heavy atom. The van der Waals surface area contributed by atoms with Gasteiger partial charge in [0, 0.05) is 0 Å². The van der Waals surface area contributed by atoms with E-state index in [1.54, 1.807) is 0 Å². The maximum absolute atomic E-state index is 6.84. The van der Waals surface area contributed by atoms with Gasteiger partial charge in [-0.05, 0) is 35.8 Å². The van der Waals surface area contributed by atoms with Gasteiger partial charge >= 0.3 is 0 Å². The van der Waals surface area contributed by atoms with Crippen molar-refractivity contribution in [2.45, 2.75) is 84.2 Å². The van der Waals surface area contributed by atoms with Crippen molar-refractivity contribution in [3.63, 3.8) is 0 Å². The Balaban J connectivity index is 5.21. The third-order valence-electron chi connectivity index (χ3n) is 4.01. The van der Waals surface area contributed by atoms with Crippen LogP contribution in [0.15, 0.2) is 0 Å². The SMILES string of the molecule is CC[Si](C)(C)O[Si](C(C)C)(C(C)C)C(C)C. The van der Waals surface area contributed by atoms with Crippen molar-refractivity contribution in [2.24, 2.45) is 0 Å². The molecule has 1 nitrogen and oxygen atoms in total. The van der Waals surface area contributed by atoms with Gasteiger partial charge in [0.2, 0.25) is 0 Å². The zero-order valence-corrected chi connectivity index (χ0v) is 14.8. The molecular formula is C13H32OSi2. The minimum Gasteiger partial charge on any atom is -0.455 e. The highest BCUT2D eigenvalue weighted by Gasteiger charge is 2.47. The van der Waals surface area contributed by atoms with E-state index >= 15 is 0 Å². The van der Waals surface area contributed by atoms with Crippen LogP contribution < -0.4 is 0 Å². The van der Waals surface area contributed by atoms with E-state index in [2.05, 4.69) is 61.6 Å². The number of hydrogen-bond acceptors (Lipinski definition) is 1. The fourth-order valence-corrected chi connectivity index (χ4v) is 14.1. The van der Waals surface area contributed by atoms with Crippen LogP contribution in [0.25, 0.3) is 0 Å². The third-order valence-corrected chi connectivity index (χ3v) is 14.8. The van der Waals surface area contributed by atoms with Crippen LogP contribution in [0.1, 0.15) is 48.5 Å². The molecule has 0 unspecified atom stereocenters. The van der Waals surface area contributed by atoms with Crippen molar-refractivity contribution in [1.29, 1.82) is 0 Å². The predicted molar refractivity (Wildman–Crippen MR) is 80.1 cm³/mol. The van der Waals surface area contributed by atoms with Gasteiger partial charge in [0.25, 0.3) is 0 Å². The number of rotatable bonds is 6. The molecule has 16 heavy (non-hydrogen) atoms. The molecule has 0 aromatic heterocycles. The van der Waals surface area contributed by atoms with Crippen LogP contribution in [0.2, 0.25) is 35.8 Å². The molecule has 0 aliphatic carbocycles. The number of hydrogen-bond donors (Lipinski definition) is 0. The second-order valence-corrected chi connectivity index (χ2v) is 16.7. The molecule has 0 aliphatic rings. The summed E-state index contributed by atoms with van der Waals surface area (Å²) in [6, 6.07) is 1.23. The first kappa shape index (κ1) is 16.4. The Morgan fingerprint density at radius 2 is 1.12 bits per heavy atom. The van der Waals surface area contributed by atoms with Gasteiger partial charge in [-0.3, -0.25) is 0 Å². The standard InChI is InChI=1S/C13H32OSi2/c1-10-15(8,9)14-16(11(2)3,12(4)5)13(6)7/h11-13H,10H2,1-9H3. The summed E-state index contributed by atoms with van der Waals surface area (Å²) < 4.78 is 6.84.